The Labute approximate surface area is 531 Å². The lowest BCUT2D eigenvalue weighted by molar-refractivity contribution is -0.870. The fourth-order valence-electron chi connectivity index (χ4n) is 9.98. The van der Waals surface area contributed by atoms with Gasteiger partial charge in [-0.2, -0.15) is 0 Å². The zero-order valence-electron chi connectivity index (χ0n) is 56.8. The predicted octanol–water partition coefficient (Wildman–Crippen LogP) is 22.8. The maximum Gasteiger partial charge on any atom is 0.472 e. The molecule has 0 aliphatic heterocycles. The number of nitrogens with one attached hydrogen (secondary N) is 1. The second-order valence-electron chi connectivity index (χ2n) is 25.0. The highest BCUT2D eigenvalue weighted by Gasteiger charge is 2.30. The Bertz CT molecular complexity index is 1840. The van der Waals surface area contributed by atoms with Gasteiger partial charge in [0.1, 0.15) is 19.3 Å². The van der Waals surface area contributed by atoms with Crippen LogP contribution < -0.4 is 5.32 Å². The first kappa shape index (κ1) is 82.7. The molecule has 3 unspecified atom stereocenters. The number of nitrogens with zero attached hydrogens (tertiary/aromatic N) is 1. The summed E-state index contributed by atoms with van der Waals surface area (Å²) in [4.78, 5) is 37.9. The zero-order valence-corrected chi connectivity index (χ0v) is 57.7. The van der Waals surface area contributed by atoms with Gasteiger partial charge < -0.3 is 19.4 Å². The Morgan fingerprint density at radius 3 is 1.14 bits per heavy atom. The van der Waals surface area contributed by atoms with E-state index < -0.39 is 20.0 Å². The summed E-state index contributed by atoms with van der Waals surface area (Å²) in [6.45, 7) is 6.87. The van der Waals surface area contributed by atoms with E-state index in [4.69, 9.17) is 13.8 Å². The van der Waals surface area contributed by atoms with Crippen molar-refractivity contribution >= 4 is 19.7 Å². The number of allylic oxidation sites excluding steroid dienone is 17. The second kappa shape index (κ2) is 64.6. The molecule has 0 aromatic carbocycles. The molecule has 496 valence electrons. The van der Waals surface area contributed by atoms with Gasteiger partial charge in [-0.3, -0.25) is 18.6 Å². The summed E-state index contributed by atoms with van der Waals surface area (Å²) in [6, 6.07) is -0.866. The van der Waals surface area contributed by atoms with Crippen molar-refractivity contribution in [3.05, 3.63) is 109 Å². The quantitative estimate of drug-likeness (QED) is 0.0205. The summed E-state index contributed by atoms with van der Waals surface area (Å²) in [5.41, 5.74) is 0. The van der Waals surface area contributed by atoms with Crippen molar-refractivity contribution in [3.63, 3.8) is 0 Å². The fraction of sp³-hybridized carbons (Fsp3) is 0.737. The Balaban J connectivity index is 5.08. The number of rotatable bonds is 64. The van der Waals surface area contributed by atoms with Crippen LogP contribution in [0.2, 0.25) is 0 Å². The van der Waals surface area contributed by atoms with Gasteiger partial charge >= 0.3 is 13.8 Å². The van der Waals surface area contributed by atoms with E-state index in [0.29, 0.717) is 17.4 Å². The third-order valence-electron chi connectivity index (χ3n) is 15.4. The second-order valence-corrected chi connectivity index (χ2v) is 26.5. The highest BCUT2D eigenvalue weighted by molar-refractivity contribution is 7.47. The molecule has 0 aliphatic carbocycles. The molecule has 0 aliphatic rings. The maximum absolute atomic E-state index is 13.6. The molecular formula is C76H136N2O7P+. The molecule has 0 heterocycles. The summed E-state index contributed by atoms with van der Waals surface area (Å²) >= 11 is 0. The SMILES string of the molecule is CC/C=C\C/C=C\C/C=C\C/C=C\C/C=C\CCCCCCCC(=O)NC(COP(=O)(O)OCC[N+](C)(C)C)C(/C=C\CCCCCCCCCCCC)OC(=O)CCCCCCCCCCCCCCCC/C=C\C/C=C\C/C=C\CCCCC. The number of ether oxygens (including phenoxy) is 1. The van der Waals surface area contributed by atoms with E-state index in [2.05, 4.69) is 123 Å². The van der Waals surface area contributed by atoms with E-state index in [0.717, 1.165) is 122 Å². The first-order valence-electron chi connectivity index (χ1n) is 35.7. The number of esters is 1. The molecule has 0 spiro atoms. The summed E-state index contributed by atoms with van der Waals surface area (Å²) in [7, 11) is 1.47. The van der Waals surface area contributed by atoms with E-state index in [1.54, 1.807) is 0 Å². The molecule has 0 rings (SSSR count). The fourth-order valence-corrected chi connectivity index (χ4v) is 10.7. The van der Waals surface area contributed by atoms with Crippen LogP contribution in [0.4, 0.5) is 0 Å². The Morgan fingerprint density at radius 2 is 0.744 bits per heavy atom. The van der Waals surface area contributed by atoms with Gasteiger partial charge in [-0.25, -0.2) is 4.57 Å². The van der Waals surface area contributed by atoms with Crippen molar-refractivity contribution in [2.45, 2.75) is 322 Å². The molecule has 1 amide bonds. The topological polar surface area (TPSA) is 111 Å². The lowest BCUT2D eigenvalue weighted by Gasteiger charge is -2.27. The van der Waals surface area contributed by atoms with Crippen LogP contribution in [0, 0.1) is 0 Å². The minimum absolute atomic E-state index is 0.0316. The average molecular weight is 1220 g/mol. The summed E-state index contributed by atoms with van der Waals surface area (Å²) in [6.07, 6.45) is 89.6. The van der Waals surface area contributed by atoms with Crippen LogP contribution in [0.3, 0.4) is 0 Å². The summed E-state index contributed by atoms with van der Waals surface area (Å²) in [5, 5.41) is 3.06. The van der Waals surface area contributed by atoms with Crippen LogP contribution in [-0.2, 0) is 27.9 Å². The number of phosphoric ester groups is 1. The maximum atomic E-state index is 13.6. The number of carbonyl (C=O) groups excluding carboxylic acids is 2. The molecule has 10 heteroatoms. The van der Waals surface area contributed by atoms with Crippen molar-refractivity contribution in [3.8, 4) is 0 Å². The molecule has 0 saturated heterocycles. The molecule has 0 aromatic heterocycles. The number of amides is 1. The van der Waals surface area contributed by atoms with E-state index >= 15 is 0 Å². The normalized spacial score (nSPS) is 14.2. The molecule has 3 atom stereocenters. The van der Waals surface area contributed by atoms with Gasteiger partial charge in [0.15, 0.2) is 0 Å². The minimum atomic E-state index is -4.47. The Morgan fingerprint density at radius 1 is 0.419 bits per heavy atom. The van der Waals surface area contributed by atoms with Gasteiger partial charge in [0.05, 0.1) is 33.8 Å². The number of carbonyl (C=O) groups is 2. The Kier molecular flexibility index (Phi) is 62.1. The molecule has 0 radical (unpaired) electrons. The molecule has 0 saturated carbocycles. The van der Waals surface area contributed by atoms with Crippen LogP contribution in [-0.4, -0.2) is 74.3 Å². The molecule has 86 heavy (non-hydrogen) atoms. The van der Waals surface area contributed by atoms with Crippen molar-refractivity contribution in [1.82, 2.24) is 5.32 Å². The number of phosphoric acid groups is 1. The van der Waals surface area contributed by atoms with Gasteiger partial charge in [-0.1, -0.05) is 291 Å². The third-order valence-corrected chi connectivity index (χ3v) is 16.4. The number of unbranched alkanes of at least 4 members (excludes halogenated alkanes) is 32. The van der Waals surface area contributed by atoms with Crippen LogP contribution >= 0.6 is 7.82 Å². The number of quaternary nitrogens is 1. The molecular weight excluding hydrogens is 1080 g/mol. The van der Waals surface area contributed by atoms with Gasteiger partial charge in [-0.05, 0) is 115 Å². The van der Waals surface area contributed by atoms with Crippen molar-refractivity contribution in [1.29, 1.82) is 0 Å². The van der Waals surface area contributed by atoms with Crippen LogP contribution in [0.25, 0.3) is 0 Å². The Hall–Kier alpha value is -3.33. The first-order chi connectivity index (χ1) is 41.9. The van der Waals surface area contributed by atoms with Crippen molar-refractivity contribution in [2.75, 3.05) is 40.9 Å². The molecule has 0 aromatic rings. The number of hydrogen-bond acceptors (Lipinski definition) is 6. The van der Waals surface area contributed by atoms with Crippen molar-refractivity contribution in [2.24, 2.45) is 0 Å². The third kappa shape index (κ3) is 65.1. The van der Waals surface area contributed by atoms with Crippen LogP contribution in [0.15, 0.2) is 109 Å². The number of likely N-dealkylation sites (N-methyl/N-ethyl adjacent to an activating group) is 1. The minimum Gasteiger partial charge on any atom is -0.456 e. The molecule has 0 fully saturated rings. The summed E-state index contributed by atoms with van der Waals surface area (Å²) < 4.78 is 30.8. The van der Waals surface area contributed by atoms with Gasteiger partial charge in [0, 0.05) is 12.8 Å². The monoisotopic (exact) mass is 1220 g/mol. The molecule has 9 nitrogen and oxygen atoms in total. The summed E-state index contributed by atoms with van der Waals surface area (Å²) in [5.74, 6) is -0.526. The highest BCUT2D eigenvalue weighted by atomic mass is 31.2. The smallest absolute Gasteiger partial charge is 0.456 e. The largest absolute Gasteiger partial charge is 0.472 e. The first-order valence-corrected chi connectivity index (χ1v) is 37.2. The molecule has 2 N–H and O–H groups in total. The number of hydrogen-bond donors (Lipinski definition) is 2. The lowest BCUT2D eigenvalue weighted by atomic mass is 10.0. The van der Waals surface area contributed by atoms with Crippen LogP contribution in [0.1, 0.15) is 310 Å². The van der Waals surface area contributed by atoms with Gasteiger partial charge in [-0.15, -0.1) is 0 Å². The highest BCUT2D eigenvalue weighted by Crippen LogP contribution is 2.43. The van der Waals surface area contributed by atoms with Crippen molar-refractivity contribution < 1.29 is 37.3 Å². The van der Waals surface area contributed by atoms with E-state index in [1.165, 1.54) is 154 Å². The van der Waals surface area contributed by atoms with E-state index in [-0.39, 0.29) is 31.5 Å². The van der Waals surface area contributed by atoms with E-state index in [1.807, 2.05) is 33.3 Å². The van der Waals surface area contributed by atoms with Gasteiger partial charge in [0.25, 0.3) is 0 Å². The lowest BCUT2D eigenvalue weighted by Crippen LogP contribution is -2.47. The average Bonchev–Trinajstić information content (AvgIpc) is 3.66. The van der Waals surface area contributed by atoms with Gasteiger partial charge in [0.2, 0.25) is 5.91 Å². The van der Waals surface area contributed by atoms with Crippen LogP contribution in [0.5, 0.6) is 0 Å². The predicted molar refractivity (Wildman–Crippen MR) is 373 cm³/mol. The zero-order chi connectivity index (χ0) is 62.8. The van der Waals surface area contributed by atoms with E-state index in [9.17, 15) is 19.0 Å². The molecule has 0 bridgehead atoms. The standard InChI is InChI=1S/C76H135N2O7P/c1-7-10-13-16-19-22-25-28-30-32-34-36-37-38-39-40-41-43-45-47-49-51-54-57-60-63-66-69-76(80)85-74(67-64-61-58-55-52-27-24-21-18-15-12-9-3)73(72-84-86(81,82)83-71-70-78(4,5)6)77-75(79)68-65-62-59-56-53-50-48-46-44-42-35-33-31-29-26-23-20-17-14-11-8-2/h11,14,19-20,22-23,28-31,34-36,42,46,48,64,67,73-74H,7-10,12-13,15-18,21,24-27,32-33,37-41,43-45,47,49-63,65-66,68-72H2,1-6H3,(H-,77,79,81,82)/p+1/b14-11-,22-19-,23-20-,30-28-,31-29-,36-34-,42-35-,48-46-,67-64-.